The second-order valence-electron chi connectivity index (χ2n) is 5.17. The second kappa shape index (κ2) is 7.79. The second-order valence-corrected chi connectivity index (χ2v) is 5.17. The fourth-order valence-corrected chi connectivity index (χ4v) is 2.15. The Morgan fingerprint density at radius 3 is 2.62 bits per heavy atom. The lowest BCUT2D eigenvalue weighted by atomic mass is 10.1. The molecule has 0 spiro atoms. The molecule has 3 heteroatoms. The average Bonchev–Trinajstić information content (AvgIpc) is 2.49. The molecule has 21 heavy (non-hydrogen) atoms. The lowest BCUT2D eigenvalue weighted by molar-refractivity contribution is 0.288. The summed E-state index contributed by atoms with van der Waals surface area (Å²) in [5.41, 5.74) is 3.27. The molecule has 0 unspecified atom stereocenters. The molecule has 0 saturated heterocycles. The largest absolute Gasteiger partial charge is 0.486 e. The van der Waals surface area contributed by atoms with Crippen molar-refractivity contribution in [2.75, 3.05) is 6.54 Å². The van der Waals surface area contributed by atoms with Crippen molar-refractivity contribution >= 4 is 0 Å². The molecule has 0 atom stereocenters. The van der Waals surface area contributed by atoms with Crippen LogP contribution in [0.5, 0.6) is 5.75 Å². The minimum atomic E-state index is -0.317. The molecule has 0 fully saturated rings. The molecule has 0 saturated carbocycles. The van der Waals surface area contributed by atoms with Crippen LogP contribution in [-0.2, 0) is 13.2 Å². The fraction of sp³-hybridized carbons (Fsp3) is 0.333. The normalized spacial score (nSPS) is 10.6. The van der Waals surface area contributed by atoms with Crippen LogP contribution in [0.1, 0.15) is 30.0 Å². The minimum absolute atomic E-state index is 0.311. The number of hydrogen-bond donors (Lipinski definition) is 1. The maximum absolute atomic E-state index is 13.7. The summed E-state index contributed by atoms with van der Waals surface area (Å²) >= 11 is 0. The first-order valence-corrected chi connectivity index (χ1v) is 7.37. The number of nitrogens with one attached hydrogen (secondary N) is 1. The van der Waals surface area contributed by atoms with Crippen molar-refractivity contribution in [3.63, 3.8) is 0 Å². The standard InChI is InChI=1S/C18H22FNO/c1-3-10-20-12-15-6-4-5-7-16(15)13-21-18-11-14(2)8-9-17(18)19/h4-9,11,20H,3,10,12-13H2,1-2H3. The summed E-state index contributed by atoms with van der Waals surface area (Å²) in [5.74, 6) is -0.00601. The van der Waals surface area contributed by atoms with E-state index < -0.39 is 0 Å². The number of halogens is 1. The Labute approximate surface area is 126 Å². The van der Waals surface area contributed by atoms with Crippen LogP contribution in [0, 0.1) is 12.7 Å². The number of benzene rings is 2. The first kappa shape index (κ1) is 15.5. The van der Waals surface area contributed by atoms with Crippen LogP contribution in [0.4, 0.5) is 4.39 Å². The summed E-state index contributed by atoms with van der Waals surface area (Å²) in [4.78, 5) is 0. The highest BCUT2D eigenvalue weighted by Gasteiger charge is 2.06. The molecule has 2 aromatic carbocycles. The van der Waals surface area contributed by atoms with Crippen molar-refractivity contribution in [1.82, 2.24) is 5.32 Å². The zero-order chi connectivity index (χ0) is 15.1. The molecule has 2 nitrogen and oxygen atoms in total. The molecular weight excluding hydrogens is 265 g/mol. The van der Waals surface area contributed by atoms with Gasteiger partial charge in [0.25, 0.3) is 0 Å². The van der Waals surface area contributed by atoms with Gasteiger partial charge in [-0.15, -0.1) is 0 Å². The molecule has 0 aromatic heterocycles. The Bertz CT molecular complexity index is 583. The molecule has 0 amide bonds. The van der Waals surface area contributed by atoms with E-state index in [9.17, 15) is 4.39 Å². The molecule has 1 N–H and O–H groups in total. The summed E-state index contributed by atoms with van der Waals surface area (Å²) in [6.45, 7) is 6.24. The maximum Gasteiger partial charge on any atom is 0.165 e. The molecule has 2 aromatic rings. The lowest BCUT2D eigenvalue weighted by Crippen LogP contribution is -2.15. The summed E-state index contributed by atoms with van der Waals surface area (Å²) in [5, 5.41) is 3.38. The van der Waals surface area contributed by atoms with Crippen molar-refractivity contribution in [2.24, 2.45) is 0 Å². The Kier molecular flexibility index (Phi) is 5.76. The monoisotopic (exact) mass is 287 g/mol. The van der Waals surface area contributed by atoms with Gasteiger partial charge in [0, 0.05) is 6.54 Å². The molecule has 0 aliphatic heterocycles. The van der Waals surface area contributed by atoms with Gasteiger partial charge in [0.05, 0.1) is 0 Å². The molecule has 0 heterocycles. The van der Waals surface area contributed by atoms with Gasteiger partial charge in [0.2, 0.25) is 0 Å². The smallest absolute Gasteiger partial charge is 0.165 e. The summed E-state index contributed by atoms with van der Waals surface area (Å²) in [6.07, 6.45) is 1.10. The van der Waals surface area contributed by atoms with Crippen LogP contribution in [0.2, 0.25) is 0 Å². The van der Waals surface area contributed by atoms with Crippen molar-refractivity contribution in [2.45, 2.75) is 33.4 Å². The Morgan fingerprint density at radius 2 is 1.86 bits per heavy atom. The predicted molar refractivity (Wildman–Crippen MR) is 83.9 cm³/mol. The SMILES string of the molecule is CCCNCc1ccccc1COc1cc(C)ccc1F. The third-order valence-electron chi connectivity index (χ3n) is 3.33. The number of ether oxygens (including phenoxy) is 1. The van der Waals surface area contributed by atoms with Gasteiger partial charge in [-0.05, 0) is 48.7 Å². The first-order valence-electron chi connectivity index (χ1n) is 7.37. The van der Waals surface area contributed by atoms with E-state index in [1.807, 2.05) is 25.1 Å². The van der Waals surface area contributed by atoms with Gasteiger partial charge in [-0.2, -0.15) is 0 Å². The predicted octanol–water partition coefficient (Wildman–Crippen LogP) is 4.21. The quantitative estimate of drug-likeness (QED) is 0.770. The van der Waals surface area contributed by atoms with E-state index >= 15 is 0 Å². The molecular formula is C18H22FNO. The lowest BCUT2D eigenvalue weighted by Gasteiger charge is -2.12. The topological polar surface area (TPSA) is 21.3 Å². The van der Waals surface area contributed by atoms with Gasteiger partial charge >= 0.3 is 0 Å². The van der Waals surface area contributed by atoms with Crippen LogP contribution in [0.15, 0.2) is 42.5 Å². The van der Waals surface area contributed by atoms with E-state index in [1.165, 1.54) is 11.6 Å². The highest BCUT2D eigenvalue weighted by Crippen LogP contribution is 2.20. The Balaban J connectivity index is 2.04. The van der Waals surface area contributed by atoms with E-state index in [0.717, 1.165) is 30.6 Å². The highest BCUT2D eigenvalue weighted by molar-refractivity contribution is 5.31. The van der Waals surface area contributed by atoms with E-state index in [4.69, 9.17) is 4.74 Å². The van der Waals surface area contributed by atoms with Crippen molar-refractivity contribution in [3.8, 4) is 5.75 Å². The van der Waals surface area contributed by atoms with Gasteiger partial charge in [0.1, 0.15) is 6.61 Å². The van der Waals surface area contributed by atoms with Crippen molar-refractivity contribution < 1.29 is 9.13 Å². The third kappa shape index (κ3) is 4.57. The summed E-state index contributed by atoms with van der Waals surface area (Å²) in [7, 11) is 0. The highest BCUT2D eigenvalue weighted by atomic mass is 19.1. The Morgan fingerprint density at radius 1 is 1.10 bits per heavy atom. The zero-order valence-electron chi connectivity index (χ0n) is 12.7. The molecule has 2 rings (SSSR count). The van der Waals surface area contributed by atoms with E-state index in [0.29, 0.717) is 12.4 Å². The van der Waals surface area contributed by atoms with Gasteiger partial charge in [0.15, 0.2) is 11.6 Å². The van der Waals surface area contributed by atoms with E-state index in [1.54, 1.807) is 12.1 Å². The number of rotatable bonds is 7. The van der Waals surface area contributed by atoms with Gasteiger partial charge in [-0.1, -0.05) is 37.3 Å². The number of hydrogen-bond acceptors (Lipinski definition) is 2. The summed E-state index contributed by atoms with van der Waals surface area (Å²) < 4.78 is 19.3. The average molecular weight is 287 g/mol. The summed E-state index contributed by atoms with van der Waals surface area (Å²) in [6, 6.07) is 13.0. The van der Waals surface area contributed by atoms with Crippen molar-refractivity contribution in [1.29, 1.82) is 0 Å². The van der Waals surface area contributed by atoms with Gasteiger partial charge in [-0.3, -0.25) is 0 Å². The molecule has 0 aliphatic carbocycles. The van der Waals surface area contributed by atoms with Crippen LogP contribution in [-0.4, -0.2) is 6.54 Å². The first-order chi connectivity index (χ1) is 10.2. The molecule has 0 aliphatic rings. The third-order valence-corrected chi connectivity index (χ3v) is 3.33. The zero-order valence-corrected chi connectivity index (χ0v) is 12.7. The van der Waals surface area contributed by atoms with Crippen LogP contribution in [0.3, 0.4) is 0 Å². The maximum atomic E-state index is 13.7. The molecule has 0 bridgehead atoms. The molecule has 0 radical (unpaired) electrons. The van der Waals surface area contributed by atoms with Gasteiger partial charge in [-0.25, -0.2) is 4.39 Å². The fourth-order valence-electron chi connectivity index (χ4n) is 2.15. The van der Waals surface area contributed by atoms with Crippen LogP contribution >= 0.6 is 0 Å². The number of aryl methyl sites for hydroxylation is 1. The molecule has 112 valence electrons. The van der Waals surface area contributed by atoms with E-state index in [-0.39, 0.29) is 5.82 Å². The van der Waals surface area contributed by atoms with Crippen LogP contribution < -0.4 is 10.1 Å². The van der Waals surface area contributed by atoms with Crippen LogP contribution in [0.25, 0.3) is 0 Å². The van der Waals surface area contributed by atoms with Crippen molar-refractivity contribution in [3.05, 3.63) is 65.0 Å². The minimum Gasteiger partial charge on any atom is -0.486 e. The van der Waals surface area contributed by atoms with Gasteiger partial charge < -0.3 is 10.1 Å². The van der Waals surface area contributed by atoms with E-state index in [2.05, 4.69) is 18.3 Å². The Hall–Kier alpha value is -1.87.